The Morgan fingerprint density at radius 1 is 1.53 bits per heavy atom. The Balaban J connectivity index is 2.23. The second kappa shape index (κ2) is 7.01. The SMILES string of the molecule is COCc1nc(CCNC(=O)CC(C)C)no1. The standard InChI is InChI=1S/C11H19N3O3/c1-8(2)6-10(15)12-5-4-9-13-11(7-16-3)17-14-9/h8H,4-7H2,1-3H3,(H,12,15). The van der Waals surface area contributed by atoms with Gasteiger partial charge in [-0.15, -0.1) is 0 Å². The van der Waals surface area contributed by atoms with Crippen LogP contribution in [0.15, 0.2) is 4.52 Å². The average molecular weight is 241 g/mol. The van der Waals surface area contributed by atoms with E-state index in [0.717, 1.165) is 0 Å². The number of nitrogens with one attached hydrogen (secondary N) is 1. The van der Waals surface area contributed by atoms with Crippen LogP contribution in [0.5, 0.6) is 0 Å². The van der Waals surface area contributed by atoms with Gasteiger partial charge in [-0.05, 0) is 5.92 Å². The molecule has 0 aliphatic heterocycles. The third-order valence-corrected chi connectivity index (χ3v) is 2.04. The zero-order valence-corrected chi connectivity index (χ0v) is 10.5. The summed E-state index contributed by atoms with van der Waals surface area (Å²) < 4.78 is 9.79. The van der Waals surface area contributed by atoms with Crippen LogP contribution in [0, 0.1) is 5.92 Å². The van der Waals surface area contributed by atoms with Crippen molar-refractivity contribution >= 4 is 5.91 Å². The average Bonchev–Trinajstić information content (AvgIpc) is 2.65. The summed E-state index contributed by atoms with van der Waals surface area (Å²) in [4.78, 5) is 15.5. The summed E-state index contributed by atoms with van der Waals surface area (Å²) in [5.41, 5.74) is 0. The Labute approximate surface area is 101 Å². The van der Waals surface area contributed by atoms with E-state index in [-0.39, 0.29) is 5.91 Å². The van der Waals surface area contributed by atoms with Gasteiger partial charge in [0.2, 0.25) is 5.91 Å². The van der Waals surface area contributed by atoms with Crippen molar-refractivity contribution in [3.05, 3.63) is 11.7 Å². The molecule has 0 bridgehead atoms. The van der Waals surface area contributed by atoms with Gasteiger partial charge in [0.1, 0.15) is 6.61 Å². The van der Waals surface area contributed by atoms with Crippen LogP contribution in [0.1, 0.15) is 32.0 Å². The molecule has 0 unspecified atom stereocenters. The third kappa shape index (κ3) is 5.44. The molecule has 1 N–H and O–H groups in total. The molecule has 0 fully saturated rings. The van der Waals surface area contributed by atoms with Crippen LogP contribution in [0.3, 0.4) is 0 Å². The normalized spacial score (nSPS) is 10.8. The van der Waals surface area contributed by atoms with Gasteiger partial charge >= 0.3 is 0 Å². The molecule has 0 radical (unpaired) electrons. The fraction of sp³-hybridized carbons (Fsp3) is 0.727. The van der Waals surface area contributed by atoms with Crippen molar-refractivity contribution in [1.29, 1.82) is 0 Å². The first-order chi connectivity index (χ1) is 8.11. The van der Waals surface area contributed by atoms with Gasteiger partial charge in [-0.2, -0.15) is 4.98 Å². The van der Waals surface area contributed by atoms with E-state index in [1.807, 2.05) is 13.8 Å². The van der Waals surface area contributed by atoms with Crippen molar-refractivity contribution in [3.8, 4) is 0 Å². The quantitative estimate of drug-likeness (QED) is 0.768. The molecule has 1 amide bonds. The van der Waals surface area contributed by atoms with Crippen LogP contribution >= 0.6 is 0 Å². The number of nitrogens with zero attached hydrogens (tertiary/aromatic N) is 2. The van der Waals surface area contributed by atoms with Gasteiger partial charge in [-0.1, -0.05) is 19.0 Å². The van der Waals surface area contributed by atoms with Gasteiger partial charge < -0.3 is 14.6 Å². The number of amides is 1. The summed E-state index contributed by atoms with van der Waals surface area (Å²) in [5.74, 6) is 1.46. The maximum Gasteiger partial charge on any atom is 0.252 e. The minimum Gasteiger partial charge on any atom is -0.375 e. The van der Waals surface area contributed by atoms with Crippen molar-refractivity contribution in [3.63, 3.8) is 0 Å². The first-order valence-electron chi connectivity index (χ1n) is 5.69. The van der Waals surface area contributed by atoms with Gasteiger partial charge in [-0.3, -0.25) is 4.79 Å². The Hall–Kier alpha value is -1.43. The summed E-state index contributed by atoms with van der Waals surface area (Å²) in [5, 5.41) is 6.59. The molecule has 0 aliphatic rings. The molecule has 0 saturated heterocycles. The summed E-state index contributed by atoms with van der Waals surface area (Å²) in [6, 6.07) is 0. The molecule has 0 aromatic carbocycles. The number of carbonyl (C=O) groups is 1. The van der Waals surface area contributed by atoms with Crippen LogP contribution in [0.25, 0.3) is 0 Å². The van der Waals surface area contributed by atoms with Crippen LogP contribution in [-0.4, -0.2) is 29.7 Å². The Morgan fingerprint density at radius 3 is 2.94 bits per heavy atom. The van der Waals surface area contributed by atoms with Gasteiger partial charge in [0.15, 0.2) is 5.82 Å². The minimum atomic E-state index is 0.0561. The van der Waals surface area contributed by atoms with Crippen LogP contribution in [0.2, 0.25) is 0 Å². The molecule has 1 aromatic rings. The topological polar surface area (TPSA) is 77.2 Å². The van der Waals surface area contributed by atoms with Crippen molar-refractivity contribution < 1.29 is 14.1 Å². The lowest BCUT2D eigenvalue weighted by atomic mass is 10.1. The van der Waals surface area contributed by atoms with Gasteiger partial charge in [0.25, 0.3) is 5.89 Å². The minimum absolute atomic E-state index is 0.0561. The molecule has 0 spiro atoms. The van der Waals surface area contributed by atoms with Gasteiger partial charge in [0, 0.05) is 26.5 Å². The maximum absolute atomic E-state index is 11.4. The molecular formula is C11H19N3O3. The Kier molecular flexibility index (Phi) is 5.62. The molecule has 1 aromatic heterocycles. The summed E-state index contributed by atoms with van der Waals surface area (Å²) in [7, 11) is 1.57. The zero-order valence-electron chi connectivity index (χ0n) is 10.5. The fourth-order valence-electron chi connectivity index (χ4n) is 1.33. The molecule has 1 heterocycles. The predicted octanol–water partition coefficient (Wildman–Crippen LogP) is 0.921. The molecule has 96 valence electrons. The van der Waals surface area contributed by atoms with E-state index in [1.165, 1.54) is 0 Å². The fourth-order valence-corrected chi connectivity index (χ4v) is 1.33. The lowest BCUT2D eigenvalue weighted by Gasteiger charge is -2.05. The van der Waals surface area contributed by atoms with Crippen molar-refractivity contribution in [1.82, 2.24) is 15.5 Å². The highest BCUT2D eigenvalue weighted by atomic mass is 16.5. The monoisotopic (exact) mass is 241 g/mol. The van der Waals surface area contributed by atoms with Crippen LogP contribution in [-0.2, 0) is 22.6 Å². The molecule has 6 heteroatoms. The summed E-state index contributed by atoms with van der Waals surface area (Å²) >= 11 is 0. The van der Waals surface area contributed by atoms with E-state index in [9.17, 15) is 4.79 Å². The first-order valence-corrected chi connectivity index (χ1v) is 5.69. The van der Waals surface area contributed by atoms with Crippen molar-refractivity contribution in [2.45, 2.75) is 33.3 Å². The van der Waals surface area contributed by atoms with Gasteiger partial charge in [-0.25, -0.2) is 0 Å². The highest BCUT2D eigenvalue weighted by Gasteiger charge is 2.07. The van der Waals surface area contributed by atoms with E-state index in [4.69, 9.17) is 9.26 Å². The molecule has 1 rings (SSSR count). The number of hydrogen-bond donors (Lipinski definition) is 1. The van der Waals surface area contributed by atoms with Crippen LogP contribution < -0.4 is 5.32 Å². The predicted molar refractivity (Wildman–Crippen MR) is 61.2 cm³/mol. The number of hydrogen-bond acceptors (Lipinski definition) is 5. The van der Waals surface area contributed by atoms with Crippen molar-refractivity contribution in [2.75, 3.05) is 13.7 Å². The maximum atomic E-state index is 11.4. The summed E-state index contributed by atoms with van der Waals surface area (Å²) in [6.07, 6.45) is 1.11. The summed E-state index contributed by atoms with van der Waals surface area (Å²) in [6.45, 7) is 4.86. The second-order valence-electron chi connectivity index (χ2n) is 4.24. The highest BCUT2D eigenvalue weighted by Crippen LogP contribution is 2.00. The number of methoxy groups -OCH3 is 1. The van der Waals surface area contributed by atoms with E-state index in [2.05, 4.69) is 15.5 Å². The molecule has 0 aliphatic carbocycles. The third-order valence-electron chi connectivity index (χ3n) is 2.04. The second-order valence-corrected chi connectivity index (χ2v) is 4.24. The lowest BCUT2D eigenvalue weighted by Crippen LogP contribution is -2.26. The number of ether oxygens (including phenoxy) is 1. The molecule has 6 nitrogen and oxygen atoms in total. The van der Waals surface area contributed by atoms with Crippen LogP contribution in [0.4, 0.5) is 0 Å². The number of aromatic nitrogens is 2. The largest absolute Gasteiger partial charge is 0.375 e. The smallest absolute Gasteiger partial charge is 0.252 e. The zero-order chi connectivity index (χ0) is 12.7. The molecule has 0 saturated carbocycles. The Morgan fingerprint density at radius 2 is 2.29 bits per heavy atom. The van der Waals surface area contributed by atoms with Crippen molar-refractivity contribution in [2.24, 2.45) is 5.92 Å². The van der Waals surface area contributed by atoms with E-state index >= 15 is 0 Å². The van der Waals surface area contributed by atoms with Gasteiger partial charge in [0.05, 0.1) is 0 Å². The molecule has 0 atom stereocenters. The molecule has 17 heavy (non-hydrogen) atoms. The number of rotatable bonds is 7. The lowest BCUT2D eigenvalue weighted by molar-refractivity contribution is -0.121. The van der Waals surface area contributed by atoms with E-state index in [1.54, 1.807) is 7.11 Å². The van der Waals surface area contributed by atoms with E-state index < -0.39 is 0 Å². The number of carbonyl (C=O) groups excluding carboxylic acids is 1. The Bertz CT molecular complexity index is 349. The van der Waals surface area contributed by atoms with E-state index in [0.29, 0.717) is 43.6 Å². The highest BCUT2D eigenvalue weighted by molar-refractivity contribution is 5.75. The molecular weight excluding hydrogens is 222 g/mol. The first kappa shape index (κ1) is 13.6.